The van der Waals surface area contributed by atoms with Gasteiger partial charge in [0, 0.05) is 38.3 Å². The lowest BCUT2D eigenvalue weighted by molar-refractivity contribution is -0.0679. The predicted octanol–water partition coefficient (Wildman–Crippen LogP) is 3.35. The van der Waals surface area contributed by atoms with Crippen molar-refractivity contribution in [1.29, 1.82) is 0 Å². The smallest absolute Gasteiger partial charge is 0.252 e. The van der Waals surface area contributed by atoms with E-state index in [-0.39, 0.29) is 18.1 Å². The minimum absolute atomic E-state index is 0.0797. The zero-order valence-electron chi connectivity index (χ0n) is 18.5. The summed E-state index contributed by atoms with van der Waals surface area (Å²) in [6, 6.07) is 11.8. The van der Waals surface area contributed by atoms with Gasteiger partial charge in [0.1, 0.15) is 0 Å². The summed E-state index contributed by atoms with van der Waals surface area (Å²) in [5.74, 6) is -0.0797. The maximum atomic E-state index is 13.1. The van der Waals surface area contributed by atoms with Crippen LogP contribution in [0.25, 0.3) is 22.3 Å². The number of pyridine rings is 1. The van der Waals surface area contributed by atoms with Crippen molar-refractivity contribution in [3.63, 3.8) is 0 Å². The summed E-state index contributed by atoms with van der Waals surface area (Å²) in [6.45, 7) is 10.4. The van der Waals surface area contributed by atoms with Gasteiger partial charge in [-0.2, -0.15) is 5.10 Å². The molecule has 3 heterocycles. The molecule has 1 fully saturated rings. The van der Waals surface area contributed by atoms with Crippen LogP contribution in [-0.4, -0.2) is 64.0 Å². The molecule has 0 bridgehead atoms. The first kappa shape index (κ1) is 21.5. The monoisotopic (exact) mass is 421 g/mol. The van der Waals surface area contributed by atoms with Crippen molar-refractivity contribution < 1.29 is 9.53 Å². The van der Waals surface area contributed by atoms with E-state index in [1.807, 2.05) is 48.0 Å². The van der Waals surface area contributed by atoms with Crippen LogP contribution in [0.5, 0.6) is 0 Å². The van der Waals surface area contributed by atoms with E-state index in [2.05, 4.69) is 29.2 Å². The van der Waals surface area contributed by atoms with Crippen LogP contribution >= 0.6 is 0 Å². The van der Waals surface area contributed by atoms with Gasteiger partial charge in [-0.1, -0.05) is 30.3 Å². The fourth-order valence-corrected chi connectivity index (χ4v) is 4.29. The normalized spacial score (nSPS) is 19.6. The number of aromatic nitrogens is 3. The van der Waals surface area contributed by atoms with Gasteiger partial charge in [-0.3, -0.25) is 9.69 Å². The summed E-state index contributed by atoms with van der Waals surface area (Å²) in [7, 11) is 0. The lowest BCUT2D eigenvalue weighted by Crippen LogP contribution is -2.46. The highest BCUT2D eigenvalue weighted by Crippen LogP contribution is 2.25. The summed E-state index contributed by atoms with van der Waals surface area (Å²) in [5.41, 5.74) is 3.13. The van der Waals surface area contributed by atoms with Gasteiger partial charge in [-0.15, -0.1) is 0 Å². The van der Waals surface area contributed by atoms with Gasteiger partial charge < -0.3 is 10.1 Å². The van der Waals surface area contributed by atoms with Gasteiger partial charge in [-0.05, 0) is 33.3 Å². The first-order chi connectivity index (χ1) is 15.0. The highest BCUT2D eigenvalue weighted by molar-refractivity contribution is 6.06. The van der Waals surface area contributed by atoms with E-state index in [1.165, 1.54) is 0 Å². The van der Waals surface area contributed by atoms with Crippen molar-refractivity contribution in [2.24, 2.45) is 0 Å². The van der Waals surface area contributed by atoms with Crippen LogP contribution in [0, 0.1) is 0 Å². The number of nitrogens with one attached hydrogen (secondary N) is 1. The Balaban J connectivity index is 1.47. The number of rotatable bonds is 7. The van der Waals surface area contributed by atoms with Crippen LogP contribution in [-0.2, 0) is 11.3 Å². The fourth-order valence-electron chi connectivity index (χ4n) is 4.29. The van der Waals surface area contributed by atoms with Crippen molar-refractivity contribution in [2.75, 3.05) is 26.2 Å². The number of aryl methyl sites for hydroxylation is 1. The van der Waals surface area contributed by atoms with Gasteiger partial charge in [0.25, 0.3) is 5.91 Å². The SMILES string of the molecule is CCn1ncc2c(C(=O)NCCCN3CC(C)OC(C)C3)cc(-c3ccccc3)nc21. The van der Waals surface area contributed by atoms with E-state index in [9.17, 15) is 4.79 Å². The standard InChI is InChI=1S/C24H31N5O2/c1-4-29-23-21(14-26-29)20(13-22(27-23)19-9-6-5-7-10-19)24(30)25-11-8-12-28-15-17(2)31-18(3)16-28/h5-7,9-10,13-14,17-18H,4,8,11-12,15-16H2,1-3H3,(H,25,30). The summed E-state index contributed by atoms with van der Waals surface area (Å²) >= 11 is 0. The molecule has 1 aliphatic heterocycles. The maximum absolute atomic E-state index is 13.1. The van der Waals surface area contributed by atoms with E-state index in [0.29, 0.717) is 18.7 Å². The summed E-state index contributed by atoms with van der Waals surface area (Å²) in [5, 5.41) is 8.30. The molecule has 7 nitrogen and oxygen atoms in total. The predicted molar refractivity (Wildman–Crippen MR) is 122 cm³/mol. The average Bonchev–Trinajstić information content (AvgIpc) is 3.19. The first-order valence-electron chi connectivity index (χ1n) is 11.1. The Hall–Kier alpha value is -2.77. The van der Waals surface area contributed by atoms with Crippen LogP contribution in [0.15, 0.2) is 42.6 Å². The molecular weight excluding hydrogens is 390 g/mol. The highest BCUT2D eigenvalue weighted by atomic mass is 16.5. The Labute approximate surface area is 183 Å². The number of ether oxygens (including phenoxy) is 1. The molecule has 0 aliphatic carbocycles. The van der Waals surface area contributed by atoms with Crippen molar-refractivity contribution in [3.05, 3.63) is 48.2 Å². The third kappa shape index (κ3) is 4.94. The maximum Gasteiger partial charge on any atom is 0.252 e. The quantitative estimate of drug-likeness (QED) is 0.593. The number of carbonyl (C=O) groups is 1. The Morgan fingerprint density at radius 2 is 1.94 bits per heavy atom. The number of nitrogens with zero attached hydrogens (tertiary/aromatic N) is 4. The van der Waals surface area contributed by atoms with Gasteiger partial charge >= 0.3 is 0 Å². The molecule has 0 saturated carbocycles. The second-order valence-electron chi connectivity index (χ2n) is 8.25. The number of carbonyl (C=O) groups excluding carboxylic acids is 1. The number of benzene rings is 1. The lowest BCUT2D eigenvalue weighted by Gasteiger charge is -2.35. The van der Waals surface area contributed by atoms with E-state index in [4.69, 9.17) is 9.72 Å². The van der Waals surface area contributed by atoms with Crippen LogP contribution in [0.1, 0.15) is 37.6 Å². The lowest BCUT2D eigenvalue weighted by atomic mass is 10.1. The molecular formula is C24H31N5O2. The van der Waals surface area contributed by atoms with Crippen LogP contribution in [0.3, 0.4) is 0 Å². The molecule has 1 saturated heterocycles. The molecule has 0 spiro atoms. The van der Waals surface area contributed by atoms with Crippen molar-refractivity contribution in [1.82, 2.24) is 25.0 Å². The Kier molecular flexibility index (Phi) is 6.63. The van der Waals surface area contributed by atoms with Gasteiger partial charge in [0.2, 0.25) is 0 Å². The third-order valence-corrected chi connectivity index (χ3v) is 5.65. The molecule has 2 atom stereocenters. The van der Waals surface area contributed by atoms with E-state index in [0.717, 1.165) is 48.3 Å². The fraction of sp³-hybridized carbons (Fsp3) is 0.458. The second kappa shape index (κ2) is 9.58. The molecule has 2 aromatic heterocycles. The number of fused-ring (bicyclic) bond motifs is 1. The molecule has 2 unspecified atom stereocenters. The molecule has 3 aromatic rings. The Bertz CT molecular complexity index is 1020. The van der Waals surface area contributed by atoms with Crippen molar-refractivity contribution >= 4 is 16.9 Å². The Morgan fingerprint density at radius 3 is 2.65 bits per heavy atom. The summed E-state index contributed by atoms with van der Waals surface area (Å²) in [4.78, 5) is 20.3. The number of hydrogen-bond donors (Lipinski definition) is 1. The third-order valence-electron chi connectivity index (χ3n) is 5.65. The van der Waals surface area contributed by atoms with E-state index < -0.39 is 0 Å². The van der Waals surface area contributed by atoms with E-state index in [1.54, 1.807) is 6.20 Å². The van der Waals surface area contributed by atoms with Crippen molar-refractivity contribution in [3.8, 4) is 11.3 Å². The van der Waals surface area contributed by atoms with Crippen LogP contribution in [0.4, 0.5) is 0 Å². The molecule has 0 radical (unpaired) electrons. The largest absolute Gasteiger partial charge is 0.373 e. The second-order valence-corrected chi connectivity index (χ2v) is 8.25. The molecule has 1 amide bonds. The zero-order chi connectivity index (χ0) is 21.8. The minimum atomic E-state index is -0.0797. The molecule has 1 N–H and O–H groups in total. The van der Waals surface area contributed by atoms with Crippen LogP contribution in [0.2, 0.25) is 0 Å². The molecule has 164 valence electrons. The number of morpholine rings is 1. The number of amides is 1. The van der Waals surface area contributed by atoms with Crippen molar-refractivity contribution in [2.45, 2.75) is 45.9 Å². The van der Waals surface area contributed by atoms with Gasteiger partial charge in [0.15, 0.2) is 5.65 Å². The van der Waals surface area contributed by atoms with Gasteiger partial charge in [0.05, 0.1) is 35.0 Å². The van der Waals surface area contributed by atoms with Crippen LogP contribution < -0.4 is 5.32 Å². The molecule has 31 heavy (non-hydrogen) atoms. The van der Waals surface area contributed by atoms with E-state index >= 15 is 0 Å². The molecule has 1 aliphatic rings. The summed E-state index contributed by atoms with van der Waals surface area (Å²) < 4.78 is 7.63. The van der Waals surface area contributed by atoms with Gasteiger partial charge in [-0.25, -0.2) is 9.67 Å². The Morgan fingerprint density at radius 1 is 1.19 bits per heavy atom. The molecule has 4 rings (SSSR count). The average molecular weight is 422 g/mol. The zero-order valence-corrected chi connectivity index (χ0v) is 18.5. The topological polar surface area (TPSA) is 72.3 Å². The summed E-state index contributed by atoms with van der Waals surface area (Å²) in [6.07, 6.45) is 3.16. The highest BCUT2D eigenvalue weighted by Gasteiger charge is 2.22. The number of hydrogen-bond acceptors (Lipinski definition) is 5. The molecule has 7 heteroatoms. The molecule has 1 aromatic carbocycles. The minimum Gasteiger partial charge on any atom is -0.373 e. The first-order valence-corrected chi connectivity index (χ1v) is 11.1.